The molecule has 0 aliphatic heterocycles. The van der Waals surface area contributed by atoms with Crippen LogP contribution in [0.3, 0.4) is 0 Å². The molecule has 0 saturated carbocycles. The Hall–Kier alpha value is -3.06. The van der Waals surface area contributed by atoms with Gasteiger partial charge in [0.05, 0.1) is 26.5 Å². The molecule has 0 bridgehead atoms. The lowest BCUT2D eigenvalue weighted by molar-refractivity contribution is 0.252. The Bertz CT molecular complexity index is 925. The summed E-state index contributed by atoms with van der Waals surface area (Å²) < 4.78 is 10.4. The monoisotopic (exact) mass is 383 g/mol. The zero-order valence-electron chi connectivity index (χ0n) is 15.4. The Balaban J connectivity index is 1.62. The van der Waals surface area contributed by atoms with E-state index in [0.717, 1.165) is 21.1 Å². The van der Waals surface area contributed by atoms with Gasteiger partial charge in [-0.3, -0.25) is 0 Å². The predicted molar refractivity (Wildman–Crippen MR) is 108 cm³/mol. The lowest BCUT2D eigenvalue weighted by Crippen LogP contribution is -2.28. The molecule has 0 atom stereocenters. The summed E-state index contributed by atoms with van der Waals surface area (Å²) in [5.41, 5.74) is 2.62. The summed E-state index contributed by atoms with van der Waals surface area (Å²) in [6.07, 6.45) is 0. The summed E-state index contributed by atoms with van der Waals surface area (Å²) in [4.78, 5) is 17.8. The van der Waals surface area contributed by atoms with Crippen LogP contribution in [0.1, 0.15) is 10.6 Å². The van der Waals surface area contributed by atoms with Gasteiger partial charge in [0.1, 0.15) is 5.01 Å². The number of hydrogen-bond acceptors (Lipinski definition) is 5. The van der Waals surface area contributed by atoms with E-state index in [1.165, 1.54) is 0 Å². The quantitative estimate of drug-likeness (QED) is 0.659. The minimum atomic E-state index is -0.295. The third-order valence-corrected chi connectivity index (χ3v) is 5.17. The van der Waals surface area contributed by atoms with Gasteiger partial charge in [0.25, 0.3) is 0 Å². The third-order valence-electron chi connectivity index (χ3n) is 3.96. The van der Waals surface area contributed by atoms with Crippen LogP contribution in [-0.4, -0.2) is 25.2 Å². The summed E-state index contributed by atoms with van der Waals surface area (Å²) in [5.74, 6) is 1.17. The number of nitrogens with one attached hydrogen (secondary N) is 2. The number of amides is 2. The molecule has 0 radical (unpaired) electrons. The molecule has 0 aliphatic rings. The summed E-state index contributed by atoms with van der Waals surface area (Å²) in [6, 6.07) is 14.9. The molecule has 6 nitrogen and oxygen atoms in total. The number of urea groups is 1. The molecular formula is C20H21N3O3S. The lowest BCUT2D eigenvalue weighted by atomic mass is 10.2. The summed E-state index contributed by atoms with van der Waals surface area (Å²) in [7, 11) is 3.12. The molecule has 2 aromatic carbocycles. The molecule has 0 saturated heterocycles. The normalized spacial score (nSPS) is 10.3. The van der Waals surface area contributed by atoms with Gasteiger partial charge in [0.15, 0.2) is 11.5 Å². The van der Waals surface area contributed by atoms with Crippen molar-refractivity contribution >= 4 is 23.1 Å². The Morgan fingerprint density at radius 3 is 2.52 bits per heavy atom. The van der Waals surface area contributed by atoms with Crippen LogP contribution in [0.25, 0.3) is 10.6 Å². The first-order valence-electron chi connectivity index (χ1n) is 8.39. The van der Waals surface area contributed by atoms with Crippen molar-refractivity contribution in [3.05, 3.63) is 59.1 Å². The molecule has 3 aromatic rings. The zero-order valence-corrected chi connectivity index (χ0v) is 16.2. The van der Waals surface area contributed by atoms with E-state index in [1.807, 2.05) is 37.3 Å². The maximum Gasteiger partial charge on any atom is 0.319 e. The van der Waals surface area contributed by atoms with E-state index in [4.69, 9.17) is 9.47 Å². The molecule has 1 heterocycles. The van der Waals surface area contributed by atoms with Gasteiger partial charge in [-0.05, 0) is 19.1 Å². The number of aromatic nitrogens is 1. The van der Waals surface area contributed by atoms with Gasteiger partial charge in [-0.15, -0.1) is 11.3 Å². The summed E-state index contributed by atoms with van der Waals surface area (Å²) in [5, 5.41) is 6.61. The number of benzene rings is 2. The van der Waals surface area contributed by atoms with Crippen molar-refractivity contribution in [3.8, 4) is 22.1 Å². The fourth-order valence-corrected chi connectivity index (χ4v) is 3.55. The van der Waals surface area contributed by atoms with Crippen molar-refractivity contribution in [1.82, 2.24) is 10.3 Å². The molecule has 1 aromatic heterocycles. The SMILES string of the molecule is COc1ccc(NC(=O)NCc2sc(-c3ccccc3)nc2C)cc1OC. The van der Waals surface area contributed by atoms with Gasteiger partial charge in [-0.25, -0.2) is 9.78 Å². The first-order chi connectivity index (χ1) is 13.1. The van der Waals surface area contributed by atoms with E-state index in [2.05, 4.69) is 15.6 Å². The van der Waals surface area contributed by atoms with Gasteiger partial charge < -0.3 is 20.1 Å². The van der Waals surface area contributed by atoms with Crippen LogP contribution < -0.4 is 20.1 Å². The number of anilines is 1. The van der Waals surface area contributed by atoms with Crippen molar-refractivity contribution in [3.63, 3.8) is 0 Å². The number of hydrogen-bond donors (Lipinski definition) is 2. The lowest BCUT2D eigenvalue weighted by Gasteiger charge is -2.11. The number of aryl methyl sites for hydroxylation is 1. The molecule has 2 N–H and O–H groups in total. The zero-order chi connectivity index (χ0) is 19.2. The van der Waals surface area contributed by atoms with Crippen LogP contribution in [0.15, 0.2) is 48.5 Å². The van der Waals surface area contributed by atoms with Crippen molar-refractivity contribution in [2.45, 2.75) is 13.5 Å². The van der Waals surface area contributed by atoms with E-state index in [0.29, 0.717) is 23.7 Å². The average Bonchev–Trinajstić information content (AvgIpc) is 3.07. The molecule has 2 amide bonds. The molecule has 0 spiro atoms. The first kappa shape index (κ1) is 18.7. The second-order valence-corrected chi connectivity index (χ2v) is 6.85. The highest BCUT2D eigenvalue weighted by Crippen LogP contribution is 2.30. The molecule has 0 unspecified atom stereocenters. The smallest absolute Gasteiger partial charge is 0.319 e. The number of nitrogens with zero attached hydrogens (tertiary/aromatic N) is 1. The Morgan fingerprint density at radius 1 is 1.07 bits per heavy atom. The molecule has 0 fully saturated rings. The van der Waals surface area contributed by atoms with E-state index in [-0.39, 0.29) is 6.03 Å². The van der Waals surface area contributed by atoms with E-state index >= 15 is 0 Å². The standard InChI is InChI=1S/C20H21N3O3S/c1-13-18(27-19(22-13)14-7-5-4-6-8-14)12-21-20(24)23-15-9-10-16(25-2)17(11-15)26-3/h4-11H,12H2,1-3H3,(H2,21,23,24). The number of rotatable bonds is 6. The summed E-state index contributed by atoms with van der Waals surface area (Å²) in [6.45, 7) is 2.36. The van der Waals surface area contributed by atoms with Crippen LogP contribution in [-0.2, 0) is 6.54 Å². The van der Waals surface area contributed by atoms with Crippen LogP contribution in [0.4, 0.5) is 10.5 Å². The predicted octanol–water partition coefficient (Wildman–Crippen LogP) is 4.46. The van der Waals surface area contributed by atoms with E-state index in [1.54, 1.807) is 43.8 Å². The van der Waals surface area contributed by atoms with Gasteiger partial charge in [-0.2, -0.15) is 0 Å². The number of methoxy groups -OCH3 is 2. The molecule has 27 heavy (non-hydrogen) atoms. The second-order valence-electron chi connectivity index (χ2n) is 5.77. The van der Waals surface area contributed by atoms with Crippen LogP contribution in [0.5, 0.6) is 11.5 Å². The Kier molecular flexibility index (Phi) is 5.93. The Morgan fingerprint density at radius 2 is 1.81 bits per heavy atom. The van der Waals surface area contributed by atoms with Gasteiger partial charge in [-0.1, -0.05) is 30.3 Å². The van der Waals surface area contributed by atoms with Gasteiger partial charge in [0, 0.05) is 22.2 Å². The van der Waals surface area contributed by atoms with Crippen molar-refractivity contribution in [1.29, 1.82) is 0 Å². The number of carbonyl (C=O) groups excluding carboxylic acids is 1. The third kappa shape index (κ3) is 4.57. The first-order valence-corrected chi connectivity index (χ1v) is 9.21. The number of thiazole rings is 1. The highest BCUT2D eigenvalue weighted by atomic mass is 32.1. The van der Waals surface area contributed by atoms with Crippen LogP contribution in [0, 0.1) is 6.92 Å². The minimum Gasteiger partial charge on any atom is -0.493 e. The van der Waals surface area contributed by atoms with Gasteiger partial charge >= 0.3 is 6.03 Å². The fourth-order valence-electron chi connectivity index (χ4n) is 2.55. The average molecular weight is 383 g/mol. The van der Waals surface area contributed by atoms with Crippen molar-refractivity contribution in [2.75, 3.05) is 19.5 Å². The highest BCUT2D eigenvalue weighted by molar-refractivity contribution is 7.15. The van der Waals surface area contributed by atoms with Crippen LogP contribution >= 0.6 is 11.3 Å². The molecule has 0 aliphatic carbocycles. The minimum absolute atomic E-state index is 0.295. The largest absolute Gasteiger partial charge is 0.493 e. The topological polar surface area (TPSA) is 72.5 Å². The molecular weight excluding hydrogens is 362 g/mol. The van der Waals surface area contributed by atoms with Crippen molar-refractivity contribution in [2.24, 2.45) is 0 Å². The fraction of sp³-hybridized carbons (Fsp3) is 0.200. The molecule has 140 valence electrons. The van der Waals surface area contributed by atoms with E-state index < -0.39 is 0 Å². The maximum absolute atomic E-state index is 12.2. The number of carbonyl (C=O) groups is 1. The van der Waals surface area contributed by atoms with Crippen LogP contribution in [0.2, 0.25) is 0 Å². The maximum atomic E-state index is 12.2. The van der Waals surface area contributed by atoms with Crippen molar-refractivity contribution < 1.29 is 14.3 Å². The summed E-state index contributed by atoms with van der Waals surface area (Å²) >= 11 is 1.58. The van der Waals surface area contributed by atoms with E-state index in [9.17, 15) is 4.79 Å². The van der Waals surface area contributed by atoms with Gasteiger partial charge in [0.2, 0.25) is 0 Å². The molecule has 3 rings (SSSR count). The Labute approximate surface area is 162 Å². The second kappa shape index (κ2) is 8.55. The highest BCUT2D eigenvalue weighted by Gasteiger charge is 2.11. The number of ether oxygens (including phenoxy) is 2. The molecule has 7 heteroatoms.